The van der Waals surface area contributed by atoms with Crippen molar-refractivity contribution in [2.45, 2.75) is 64.7 Å². The van der Waals surface area contributed by atoms with Crippen LogP contribution in [-0.4, -0.2) is 63.0 Å². The lowest BCUT2D eigenvalue weighted by Crippen LogP contribution is -2.41. The quantitative estimate of drug-likeness (QED) is 0.683. The van der Waals surface area contributed by atoms with Gasteiger partial charge in [0.15, 0.2) is 5.65 Å². The zero-order valence-corrected chi connectivity index (χ0v) is 18.9. The molecule has 1 amide bonds. The lowest BCUT2D eigenvalue weighted by atomic mass is 9.93. The Hall–Kier alpha value is -3.05. The first kappa shape index (κ1) is 24.6. The molecule has 0 unspecified atom stereocenters. The number of hydrogen-bond acceptors (Lipinski definition) is 6. The van der Waals surface area contributed by atoms with Crippen molar-refractivity contribution in [3.8, 4) is 0 Å². The number of aromatic amines is 1. The molecule has 1 aliphatic heterocycles. The van der Waals surface area contributed by atoms with Gasteiger partial charge in [0.2, 0.25) is 0 Å². The zero-order valence-electron chi connectivity index (χ0n) is 18.9. The molecule has 0 saturated carbocycles. The van der Waals surface area contributed by atoms with Gasteiger partial charge >= 0.3 is 18.2 Å². The maximum atomic E-state index is 12.4. The summed E-state index contributed by atoms with van der Waals surface area (Å²) >= 11 is 0. The molecule has 1 N–H and O–H groups in total. The number of amides is 1. The molecule has 0 bridgehead atoms. The van der Waals surface area contributed by atoms with Gasteiger partial charge in [0, 0.05) is 25.1 Å². The molecule has 9 nitrogen and oxygen atoms in total. The minimum Gasteiger partial charge on any atom is -0.462 e. The van der Waals surface area contributed by atoms with E-state index in [1.165, 1.54) is 17.5 Å². The number of ether oxygens (including phenoxy) is 2. The van der Waals surface area contributed by atoms with E-state index < -0.39 is 42.4 Å². The SMILES string of the molecule is Cc1nn2c(C3CCN(C(=O)OC(C)(C)C)CC3)cc(=O)[nH]c2c1C(=O)OCCC(F)(F)F. The van der Waals surface area contributed by atoms with E-state index in [2.05, 4.69) is 10.1 Å². The molecule has 1 saturated heterocycles. The number of nitrogens with zero attached hydrogens (tertiary/aromatic N) is 3. The van der Waals surface area contributed by atoms with Crippen LogP contribution in [-0.2, 0) is 9.47 Å². The van der Waals surface area contributed by atoms with Crippen molar-refractivity contribution in [2.24, 2.45) is 0 Å². The average Bonchev–Trinajstić information content (AvgIpc) is 3.00. The van der Waals surface area contributed by atoms with Crippen molar-refractivity contribution >= 4 is 17.7 Å². The predicted molar refractivity (Wildman–Crippen MR) is 111 cm³/mol. The van der Waals surface area contributed by atoms with Crippen LogP contribution < -0.4 is 5.56 Å². The molecule has 0 atom stereocenters. The molecule has 3 heterocycles. The van der Waals surface area contributed by atoms with Crippen molar-refractivity contribution in [3.63, 3.8) is 0 Å². The number of aryl methyl sites for hydroxylation is 1. The first-order chi connectivity index (χ1) is 15.2. The number of aromatic nitrogens is 3. The Balaban J connectivity index is 1.80. The summed E-state index contributed by atoms with van der Waals surface area (Å²) in [5, 5.41) is 4.33. The third kappa shape index (κ3) is 6.05. The Kier molecular flexibility index (Phi) is 6.75. The zero-order chi connectivity index (χ0) is 24.6. The fourth-order valence-electron chi connectivity index (χ4n) is 3.73. The summed E-state index contributed by atoms with van der Waals surface area (Å²) in [6, 6.07) is 1.38. The molecule has 182 valence electrons. The van der Waals surface area contributed by atoms with E-state index in [4.69, 9.17) is 9.47 Å². The number of esters is 1. The van der Waals surface area contributed by atoms with Gasteiger partial charge in [-0.05, 0) is 40.5 Å². The number of likely N-dealkylation sites (tertiary alicyclic amines) is 1. The lowest BCUT2D eigenvalue weighted by Gasteiger charge is -2.33. The molecular weight excluding hydrogens is 445 g/mol. The second-order valence-electron chi connectivity index (χ2n) is 9.02. The molecule has 2 aromatic rings. The number of carbonyl (C=O) groups is 2. The lowest BCUT2D eigenvalue weighted by molar-refractivity contribution is -0.141. The van der Waals surface area contributed by atoms with Crippen molar-refractivity contribution in [1.82, 2.24) is 19.5 Å². The van der Waals surface area contributed by atoms with Gasteiger partial charge in [0.1, 0.15) is 17.8 Å². The first-order valence-electron chi connectivity index (χ1n) is 10.6. The highest BCUT2D eigenvalue weighted by atomic mass is 19.4. The second-order valence-corrected chi connectivity index (χ2v) is 9.02. The molecule has 1 aliphatic rings. The van der Waals surface area contributed by atoms with Gasteiger partial charge in [0.05, 0.1) is 17.8 Å². The van der Waals surface area contributed by atoms with Gasteiger partial charge in [-0.2, -0.15) is 18.3 Å². The molecule has 1 fully saturated rings. The van der Waals surface area contributed by atoms with E-state index in [0.29, 0.717) is 31.6 Å². The van der Waals surface area contributed by atoms with E-state index >= 15 is 0 Å². The maximum Gasteiger partial charge on any atom is 0.410 e. The number of rotatable bonds is 4. The molecule has 3 rings (SSSR count). The van der Waals surface area contributed by atoms with Crippen LogP contribution in [0.4, 0.5) is 18.0 Å². The summed E-state index contributed by atoms with van der Waals surface area (Å²) in [5.74, 6) is -1.11. The minimum atomic E-state index is -4.45. The van der Waals surface area contributed by atoms with Gasteiger partial charge in [-0.15, -0.1) is 0 Å². The monoisotopic (exact) mass is 472 g/mol. The topological polar surface area (TPSA) is 106 Å². The normalized spacial score (nSPS) is 15.7. The van der Waals surface area contributed by atoms with Crippen LogP contribution in [0, 0.1) is 6.92 Å². The average molecular weight is 472 g/mol. The summed E-state index contributed by atoms with van der Waals surface area (Å²) in [5.41, 5.74) is -0.318. The molecule has 12 heteroatoms. The summed E-state index contributed by atoms with van der Waals surface area (Å²) in [6.07, 6.45) is -5.04. The first-order valence-corrected chi connectivity index (χ1v) is 10.6. The fraction of sp³-hybridized carbons (Fsp3) is 0.619. The molecular formula is C21H27F3N4O5. The Bertz CT molecular complexity index is 1090. The van der Waals surface area contributed by atoms with Crippen LogP contribution >= 0.6 is 0 Å². The fourth-order valence-corrected chi connectivity index (χ4v) is 3.73. The summed E-state index contributed by atoms with van der Waals surface area (Å²) in [4.78, 5) is 41.2. The highest BCUT2D eigenvalue weighted by Gasteiger charge is 2.31. The largest absolute Gasteiger partial charge is 0.462 e. The predicted octanol–water partition coefficient (Wildman–Crippen LogP) is 3.55. The van der Waals surface area contributed by atoms with Crippen LogP contribution in [0.3, 0.4) is 0 Å². The number of fused-ring (bicyclic) bond motifs is 1. The molecule has 0 aromatic carbocycles. The number of H-pyrrole nitrogens is 1. The molecule has 0 aliphatic carbocycles. The van der Waals surface area contributed by atoms with Crippen LogP contribution in [0.25, 0.3) is 5.65 Å². The summed E-state index contributed by atoms with van der Waals surface area (Å²) in [6.45, 7) is 6.89. The van der Waals surface area contributed by atoms with Crippen molar-refractivity contribution in [3.05, 3.63) is 33.4 Å². The van der Waals surface area contributed by atoms with Crippen LogP contribution in [0.1, 0.15) is 67.7 Å². The highest BCUT2D eigenvalue weighted by molar-refractivity contribution is 5.97. The third-order valence-electron chi connectivity index (χ3n) is 5.21. The molecule has 33 heavy (non-hydrogen) atoms. The Labute approximate surface area is 187 Å². The van der Waals surface area contributed by atoms with E-state index in [1.54, 1.807) is 25.7 Å². The van der Waals surface area contributed by atoms with Gasteiger partial charge < -0.3 is 19.4 Å². The summed E-state index contributed by atoms with van der Waals surface area (Å²) < 4.78 is 48.7. The van der Waals surface area contributed by atoms with E-state index in [1.807, 2.05) is 0 Å². The highest BCUT2D eigenvalue weighted by Crippen LogP contribution is 2.29. The van der Waals surface area contributed by atoms with Crippen LogP contribution in [0.15, 0.2) is 10.9 Å². The van der Waals surface area contributed by atoms with Crippen LogP contribution in [0.5, 0.6) is 0 Å². The smallest absolute Gasteiger partial charge is 0.410 e. The van der Waals surface area contributed by atoms with Gasteiger partial charge in [-0.25, -0.2) is 14.1 Å². The second kappa shape index (κ2) is 9.06. The van der Waals surface area contributed by atoms with E-state index in [-0.39, 0.29) is 22.8 Å². The van der Waals surface area contributed by atoms with Gasteiger partial charge in [-0.3, -0.25) is 4.79 Å². The molecule has 2 aromatic heterocycles. The maximum absolute atomic E-state index is 12.4. The van der Waals surface area contributed by atoms with Crippen molar-refractivity contribution < 1.29 is 32.2 Å². The number of carbonyl (C=O) groups excluding carboxylic acids is 2. The number of alkyl halides is 3. The number of piperidine rings is 1. The molecule has 0 spiro atoms. The Morgan fingerprint density at radius 3 is 2.42 bits per heavy atom. The van der Waals surface area contributed by atoms with Crippen molar-refractivity contribution in [1.29, 1.82) is 0 Å². The van der Waals surface area contributed by atoms with E-state index in [9.17, 15) is 27.6 Å². The number of nitrogens with one attached hydrogen (secondary N) is 1. The van der Waals surface area contributed by atoms with E-state index in [0.717, 1.165) is 0 Å². The Morgan fingerprint density at radius 1 is 1.21 bits per heavy atom. The van der Waals surface area contributed by atoms with Gasteiger partial charge in [0.25, 0.3) is 5.56 Å². The molecule has 0 radical (unpaired) electrons. The van der Waals surface area contributed by atoms with Gasteiger partial charge in [-0.1, -0.05) is 0 Å². The number of hydrogen-bond donors (Lipinski definition) is 1. The summed E-state index contributed by atoms with van der Waals surface area (Å²) in [7, 11) is 0. The van der Waals surface area contributed by atoms with Crippen molar-refractivity contribution in [2.75, 3.05) is 19.7 Å². The number of halogens is 3. The van der Waals surface area contributed by atoms with Crippen LogP contribution in [0.2, 0.25) is 0 Å². The standard InChI is InChI=1S/C21H27F3N4O5/c1-12-16(18(30)32-10-7-21(22,23)24)17-25-15(29)11-14(28(17)26-12)13-5-8-27(9-6-13)19(31)33-20(2,3)4/h11,13H,5-10H2,1-4H3,(H,25,29). The Morgan fingerprint density at radius 2 is 1.85 bits per heavy atom. The minimum absolute atomic E-state index is 0.0709. The third-order valence-corrected chi connectivity index (χ3v) is 5.21.